The molecule has 4 rings (SSSR count). The van der Waals surface area contributed by atoms with Gasteiger partial charge in [-0.2, -0.15) is 0 Å². The minimum Gasteiger partial charge on any atom is -0.497 e. The molecule has 1 aliphatic heterocycles. The molecule has 0 aliphatic carbocycles. The van der Waals surface area contributed by atoms with Gasteiger partial charge in [0.1, 0.15) is 5.75 Å². The molecule has 0 atom stereocenters. The van der Waals surface area contributed by atoms with Crippen molar-refractivity contribution in [2.45, 2.75) is 32.6 Å². The van der Waals surface area contributed by atoms with Crippen molar-refractivity contribution in [2.24, 2.45) is 0 Å². The monoisotopic (exact) mass is 397 g/mol. The Bertz CT molecular complexity index is 1050. The summed E-state index contributed by atoms with van der Waals surface area (Å²) in [5, 5.41) is 0. The maximum absolute atomic E-state index is 13.2. The Morgan fingerprint density at radius 1 is 0.867 bits per heavy atom. The highest BCUT2D eigenvalue weighted by atomic mass is 16.5. The summed E-state index contributed by atoms with van der Waals surface area (Å²) in [6.07, 6.45) is 6.94. The van der Waals surface area contributed by atoms with Crippen molar-refractivity contribution >= 4 is 23.4 Å². The van der Waals surface area contributed by atoms with E-state index >= 15 is 0 Å². The van der Waals surface area contributed by atoms with Crippen molar-refractivity contribution in [2.75, 3.05) is 12.0 Å². The molecule has 1 aliphatic rings. The van der Waals surface area contributed by atoms with Crippen molar-refractivity contribution in [1.29, 1.82) is 0 Å². The van der Waals surface area contributed by atoms with Crippen molar-refractivity contribution in [3.63, 3.8) is 0 Å². The normalized spacial score (nSPS) is 14.3. The molecule has 3 nitrogen and oxygen atoms in total. The summed E-state index contributed by atoms with van der Waals surface area (Å²) < 4.78 is 5.27. The number of nitrogens with zero attached hydrogens (tertiary/aromatic N) is 1. The number of amides is 1. The fraction of sp³-hybridized carbons (Fsp3) is 0.222. The summed E-state index contributed by atoms with van der Waals surface area (Å²) in [6.45, 7) is 2.23. The van der Waals surface area contributed by atoms with Crippen molar-refractivity contribution in [3.05, 3.63) is 95.1 Å². The maximum atomic E-state index is 13.2. The lowest BCUT2D eigenvalue weighted by atomic mass is 10.0. The van der Waals surface area contributed by atoms with Crippen molar-refractivity contribution in [3.8, 4) is 5.75 Å². The zero-order valence-corrected chi connectivity index (χ0v) is 17.6. The number of carbonyl (C=O) groups excluding carboxylic acids is 1. The summed E-state index contributed by atoms with van der Waals surface area (Å²) in [5.74, 6) is 0.769. The predicted octanol–water partition coefficient (Wildman–Crippen LogP) is 6.59. The Labute approximate surface area is 178 Å². The molecule has 1 amide bonds. The van der Waals surface area contributed by atoms with Crippen LogP contribution in [0.2, 0.25) is 0 Å². The first kappa shape index (κ1) is 20.0. The topological polar surface area (TPSA) is 29.5 Å². The van der Waals surface area contributed by atoms with Gasteiger partial charge in [-0.15, -0.1) is 0 Å². The van der Waals surface area contributed by atoms with E-state index in [0.29, 0.717) is 0 Å². The first-order valence-electron chi connectivity index (χ1n) is 10.6. The molecule has 0 radical (unpaired) electrons. The van der Waals surface area contributed by atoms with Gasteiger partial charge in [-0.1, -0.05) is 62.2 Å². The number of hydrogen-bond acceptors (Lipinski definition) is 2. The molecule has 0 bridgehead atoms. The van der Waals surface area contributed by atoms with Gasteiger partial charge in [0.05, 0.1) is 12.8 Å². The molecule has 3 heteroatoms. The van der Waals surface area contributed by atoms with E-state index < -0.39 is 0 Å². The molecule has 30 heavy (non-hydrogen) atoms. The minimum absolute atomic E-state index is 0.00166. The van der Waals surface area contributed by atoms with Crippen LogP contribution in [-0.4, -0.2) is 13.0 Å². The van der Waals surface area contributed by atoms with Gasteiger partial charge < -0.3 is 4.74 Å². The smallest absolute Gasteiger partial charge is 0.263 e. The summed E-state index contributed by atoms with van der Waals surface area (Å²) in [7, 11) is 1.64. The van der Waals surface area contributed by atoms with Crippen LogP contribution >= 0.6 is 0 Å². The van der Waals surface area contributed by atoms with Crippen LogP contribution in [0.4, 0.5) is 5.69 Å². The third-order valence-corrected chi connectivity index (χ3v) is 5.56. The summed E-state index contributed by atoms with van der Waals surface area (Å²) in [6, 6.07) is 24.1. The predicted molar refractivity (Wildman–Crippen MR) is 124 cm³/mol. The van der Waals surface area contributed by atoms with E-state index in [1.807, 2.05) is 48.5 Å². The Morgan fingerprint density at radius 2 is 1.57 bits per heavy atom. The molecule has 152 valence electrons. The third-order valence-electron chi connectivity index (χ3n) is 5.56. The molecule has 3 aromatic rings. The van der Waals surface area contributed by atoms with E-state index in [2.05, 4.69) is 37.3 Å². The molecular weight excluding hydrogens is 370 g/mol. The van der Waals surface area contributed by atoms with Gasteiger partial charge in [-0.25, -0.2) is 0 Å². The van der Waals surface area contributed by atoms with E-state index in [-0.39, 0.29) is 5.91 Å². The molecule has 0 fully saturated rings. The van der Waals surface area contributed by atoms with Crippen LogP contribution < -0.4 is 9.64 Å². The third kappa shape index (κ3) is 4.02. The quantitative estimate of drug-likeness (QED) is 0.421. The van der Waals surface area contributed by atoms with Gasteiger partial charge in [0.2, 0.25) is 0 Å². The van der Waals surface area contributed by atoms with Gasteiger partial charge in [-0.05, 0) is 60.4 Å². The van der Waals surface area contributed by atoms with Crippen LogP contribution in [0.15, 0.2) is 72.8 Å². The number of fused-ring (bicyclic) bond motifs is 1. The second-order valence-corrected chi connectivity index (χ2v) is 7.61. The highest BCUT2D eigenvalue weighted by molar-refractivity contribution is 6.24. The highest BCUT2D eigenvalue weighted by Crippen LogP contribution is 2.38. The van der Waals surface area contributed by atoms with Crippen LogP contribution in [0.25, 0.3) is 11.8 Å². The number of anilines is 1. The van der Waals surface area contributed by atoms with Crippen LogP contribution in [0.1, 0.15) is 53.2 Å². The molecule has 0 N–H and O–H groups in total. The standard InChI is InChI=1S/C27H27NO2/c1-3-4-5-8-20-11-13-21(14-12-20)19-26-24-9-6-7-10-25(24)27(29)28(26)22-15-17-23(30-2)18-16-22/h6-7,9-19H,3-5,8H2,1-2H3/b26-19+. The van der Waals surface area contributed by atoms with E-state index in [9.17, 15) is 4.79 Å². The van der Waals surface area contributed by atoms with Gasteiger partial charge >= 0.3 is 0 Å². The molecule has 0 aromatic heterocycles. The number of hydrogen-bond donors (Lipinski definition) is 0. The van der Waals surface area contributed by atoms with E-state index in [0.717, 1.165) is 40.2 Å². The van der Waals surface area contributed by atoms with Gasteiger partial charge in [0.25, 0.3) is 5.91 Å². The second kappa shape index (κ2) is 9.00. The van der Waals surface area contributed by atoms with E-state index in [1.54, 1.807) is 12.0 Å². The number of rotatable bonds is 7. The SMILES string of the molecule is CCCCCc1ccc(/C=C2\c3ccccc3C(=O)N2c2ccc(OC)cc2)cc1. The Kier molecular flexibility index (Phi) is 5.99. The van der Waals surface area contributed by atoms with Crippen molar-refractivity contribution in [1.82, 2.24) is 0 Å². The molecule has 0 saturated carbocycles. The first-order chi connectivity index (χ1) is 14.7. The zero-order valence-electron chi connectivity index (χ0n) is 17.6. The summed E-state index contributed by atoms with van der Waals surface area (Å²) >= 11 is 0. The number of benzene rings is 3. The molecule has 0 saturated heterocycles. The number of carbonyl (C=O) groups is 1. The fourth-order valence-corrected chi connectivity index (χ4v) is 3.89. The molecule has 1 heterocycles. The Morgan fingerprint density at radius 3 is 2.23 bits per heavy atom. The van der Waals surface area contributed by atoms with E-state index in [4.69, 9.17) is 4.74 Å². The zero-order chi connectivity index (χ0) is 20.9. The van der Waals surface area contributed by atoms with Crippen LogP contribution in [-0.2, 0) is 6.42 Å². The van der Waals surface area contributed by atoms with Crippen LogP contribution in [0.5, 0.6) is 5.75 Å². The number of aryl methyl sites for hydroxylation is 1. The number of unbranched alkanes of at least 4 members (excludes halogenated alkanes) is 2. The molecule has 0 unspecified atom stereocenters. The average Bonchev–Trinajstić information content (AvgIpc) is 3.07. The Balaban J connectivity index is 1.69. The second-order valence-electron chi connectivity index (χ2n) is 7.61. The molecular formula is C27H27NO2. The molecule has 3 aromatic carbocycles. The van der Waals surface area contributed by atoms with E-state index in [1.165, 1.54) is 24.8 Å². The molecule has 0 spiro atoms. The first-order valence-corrected chi connectivity index (χ1v) is 10.6. The fourth-order valence-electron chi connectivity index (χ4n) is 3.89. The summed E-state index contributed by atoms with van der Waals surface area (Å²) in [5.41, 5.74) is 5.88. The maximum Gasteiger partial charge on any atom is 0.263 e. The minimum atomic E-state index is -0.00166. The van der Waals surface area contributed by atoms with Crippen LogP contribution in [0, 0.1) is 0 Å². The lowest BCUT2D eigenvalue weighted by molar-refractivity contribution is 0.101. The number of ether oxygens (including phenoxy) is 1. The largest absolute Gasteiger partial charge is 0.497 e. The van der Waals surface area contributed by atoms with Crippen molar-refractivity contribution < 1.29 is 9.53 Å². The average molecular weight is 398 g/mol. The lowest BCUT2D eigenvalue weighted by Gasteiger charge is -2.19. The highest BCUT2D eigenvalue weighted by Gasteiger charge is 2.33. The van der Waals surface area contributed by atoms with Gasteiger partial charge in [0.15, 0.2) is 0 Å². The lowest BCUT2D eigenvalue weighted by Crippen LogP contribution is -2.22. The van der Waals surface area contributed by atoms with Crippen LogP contribution in [0.3, 0.4) is 0 Å². The summed E-state index contributed by atoms with van der Waals surface area (Å²) in [4.78, 5) is 15.0. The van der Waals surface area contributed by atoms with Gasteiger partial charge in [-0.3, -0.25) is 9.69 Å². The number of methoxy groups -OCH3 is 1. The Hall–Kier alpha value is -3.33. The van der Waals surface area contributed by atoms with Gasteiger partial charge in [0, 0.05) is 16.8 Å².